The SMILES string of the molecule is C=C(C)C(=O)OC1CC2CC1C(C(C)(C)OC(C)(C)C(C)(C)O)C2C(C)(C)OC(C)(C)C(O)(C(F)(F)F)C(F)(F)F. The van der Waals surface area contributed by atoms with E-state index >= 15 is 0 Å². The van der Waals surface area contributed by atoms with Gasteiger partial charge < -0.3 is 24.4 Å². The Labute approximate surface area is 238 Å². The maximum Gasteiger partial charge on any atom is 0.429 e. The van der Waals surface area contributed by atoms with Crippen LogP contribution in [0, 0.1) is 23.7 Å². The van der Waals surface area contributed by atoms with Crippen molar-refractivity contribution in [3.05, 3.63) is 12.2 Å². The van der Waals surface area contributed by atoms with Crippen molar-refractivity contribution in [1.29, 1.82) is 0 Å². The predicted octanol–water partition coefficient (Wildman–Crippen LogP) is 6.52. The maximum absolute atomic E-state index is 13.9. The highest BCUT2D eigenvalue weighted by Gasteiger charge is 2.78. The van der Waals surface area contributed by atoms with Crippen LogP contribution in [-0.2, 0) is 19.0 Å². The molecule has 41 heavy (non-hydrogen) atoms. The van der Waals surface area contributed by atoms with E-state index < -0.39 is 69.9 Å². The Morgan fingerprint density at radius 2 is 1.15 bits per heavy atom. The van der Waals surface area contributed by atoms with E-state index in [0.29, 0.717) is 26.7 Å². The number of halogens is 6. The van der Waals surface area contributed by atoms with Crippen LogP contribution in [0.2, 0.25) is 0 Å². The molecule has 5 atom stereocenters. The number of alkyl halides is 6. The van der Waals surface area contributed by atoms with Crippen molar-refractivity contribution < 1.29 is 55.6 Å². The largest absolute Gasteiger partial charge is 0.459 e. The fraction of sp³-hybridized carbons (Fsp3) is 0.897. The van der Waals surface area contributed by atoms with Crippen LogP contribution in [0.3, 0.4) is 0 Å². The van der Waals surface area contributed by atoms with Gasteiger partial charge in [-0.1, -0.05) is 6.58 Å². The van der Waals surface area contributed by atoms with Gasteiger partial charge in [-0.3, -0.25) is 0 Å². The molecule has 0 heterocycles. The summed E-state index contributed by atoms with van der Waals surface area (Å²) < 4.78 is 101. The van der Waals surface area contributed by atoms with Gasteiger partial charge in [0.15, 0.2) is 0 Å². The second-order valence-corrected chi connectivity index (χ2v) is 14.4. The molecule has 6 nitrogen and oxygen atoms in total. The van der Waals surface area contributed by atoms with Crippen LogP contribution in [0.4, 0.5) is 26.3 Å². The molecule has 5 unspecified atom stereocenters. The van der Waals surface area contributed by atoms with E-state index in [1.807, 2.05) is 0 Å². The van der Waals surface area contributed by atoms with Crippen molar-refractivity contribution in [2.24, 2.45) is 23.7 Å². The molecule has 2 aliphatic rings. The number of hydrogen-bond acceptors (Lipinski definition) is 6. The molecule has 0 amide bonds. The molecule has 0 spiro atoms. The quantitative estimate of drug-likeness (QED) is 0.168. The highest BCUT2D eigenvalue weighted by atomic mass is 19.4. The lowest BCUT2D eigenvalue weighted by Crippen LogP contribution is -2.71. The molecule has 2 N–H and O–H groups in total. The molecule has 0 aromatic carbocycles. The first kappa shape index (κ1) is 35.8. The lowest BCUT2D eigenvalue weighted by atomic mass is 9.64. The Kier molecular flexibility index (Phi) is 9.06. The predicted molar refractivity (Wildman–Crippen MR) is 140 cm³/mol. The van der Waals surface area contributed by atoms with Gasteiger partial charge in [-0.2, -0.15) is 26.3 Å². The van der Waals surface area contributed by atoms with Crippen LogP contribution in [0.15, 0.2) is 12.2 Å². The van der Waals surface area contributed by atoms with Gasteiger partial charge in [-0.15, -0.1) is 0 Å². The first-order chi connectivity index (χ1) is 17.8. The molecule has 2 bridgehead atoms. The Balaban J connectivity index is 2.62. The summed E-state index contributed by atoms with van der Waals surface area (Å²) in [5, 5.41) is 21.0. The third kappa shape index (κ3) is 6.31. The van der Waals surface area contributed by atoms with Crippen molar-refractivity contribution in [1.82, 2.24) is 0 Å². The van der Waals surface area contributed by atoms with Gasteiger partial charge >= 0.3 is 18.3 Å². The molecular formula is C29H46F6O6. The number of esters is 1. The summed E-state index contributed by atoms with van der Waals surface area (Å²) in [6.07, 6.45) is -12.0. The Bertz CT molecular complexity index is 991. The van der Waals surface area contributed by atoms with E-state index in [-0.39, 0.29) is 17.4 Å². The molecule has 2 saturated carbocycles. The zero-order valence-corrected chi connectivity index (χ0v) is 25.8. The minimum Gasteiger partial charge on any atom is -0.459 e. The Morgan fingerprint density at radius 3 is 1.54 bits per heavy atom. The number of aliphatic hydroxyl groups is 2. The molecule has 0 aromatic heterocycles. The number of carbonyl (C=O) groups is 1. The summed E-state index contributed by atoms with van der Waals surface area (Å²) in [4.78, 5) is 12.4. The minimum absolute atomic E-state index is 0.184. The van der Waals surface area contributed by atoms with Gasteiger partial charge in [0.2, 0.25) is 0 Å². The molecule has 0 radical (unpaired) electrons. The minimum atomic E-state index is -6.08. The summed E-state index contributed by atoms with van der Waals surface area (Å²) in [6, 6.07) is 0. The van der Waals surface area contributed by atoms with E-state index in [2.05, 4.69) is 6.58 Å². The Hall–Kier alpha value is -1.37. The molecular weight excluding hydrogens is 558 g/mol. The van der Waals surface area contributed by atoms with Gasteiger partial charge in [0, 0.05) is 11.5 Å². The van der Waals surface area contributed by atoms with Crippen LogP contribution in [0.1, 0.15) is 89.0 Å². The van der Waals surface area contributed by atoms with E-state index in [0.717, 1.165) is 0 Å². The zero-order chi connectivity index (χ0) is 32.6. The van der Waals surface area contributed by atoms with E-state index in [4.69, 9.17) is 14.2 Å². The molecule has 12 heteroatoms. The standard InChI is InChI=1S/C29H46F6O6/c1-15(2)21(36)39-18-14-16-13-17(18)20(23(5,6)40-25(9,10)24(7,8)37)19(16)22(3,4)41-26(11,12)27(38,28(30,31)32)29(33,34)35/h16-20,37-38H,1,13-14H2,2-12H3. The van der Waals surface area contributed by atoms with Gasteiger partial charge in [0.05, 0.1) is 22.4 Å². The molecule has 2 fully saturated rings. The van der Waals surface area contributed by atoms with Crippen LogP contribution in [0.25, 0.3) is 0 Å². The smallest absolute Gasteiger partial charge is 0.429 e. The first-order valence-corrected chi connectivity index (χ1v) is 13.7. The monoisotopic (exact) mass is 604 g/mol. The fourth-order valence-corrected chi connectivity index (χ4v) is 7.12. The Morgan fingerprint density at radius 1 is 0.732 bits per heavy atom. The van der Waals surface area contributed by atoms with Crippen molar-refractivity contribution in [3.8, 4) is 0 Å². The third-order valence-corrected chi connectivity index (χ3v) is 9.36. The topological polar surface area (TPSA) is 85.2 Å². The number of carbonyl (C=O) groups excluding carboxylic acids is 1. The van der Waals surface area contributed by atoms with Crippen LogP contribution < -0.4 is 0 Å². The van der Waals surface area contributed by atoms with E-state index in [1.54, 1.807) is 41.5 Å². The molecule has 2 rings (SSSR count). The van der Waals surface area contributed by atoms with E-state index in [1.165, 1.54) is 20.8 Å². The lowest BCUT2D eigenvalue weighted by molar-refractivity contribution is -0.422. The van der Waals surface area contributed by atoms with Gasteiger partial charge in [0.25, 0.3) is 5.60 Å². The van der Waals surface area contributed by atoms with Crippen molar-refractivity contribution in [3.63, 3.8) is 0 Å². The second-order valence-electron chi connectivity index (χ2n) is 14.4. The van der Waals surface area contributed by atoms with Crippen LogP contribution >= 0.6 is 0 Å². The summed E-state index contributed by atoms with van der Waals surface area (Å²) >= 11 is 0. The number of hydrogen-bond donors (Lipinski definition) is 2. The zero-order valence-electron chi connectivity index (χ0n) is 25.8. The molecule has 240 valence electrons. The number of ether oxygens (including phenoxy) is 3. The average Bonchev–Trinajstić information content (AvgIpc) is 3.27. The third-order valence-electron chi connectivity index (χ3n) is 9.36. The molecule has 0 saturated heterocycles. The number of fused-ring (bicyclic) bond motifs is 2. The van der Waals surface area contributed by atoms with Gasteiger partial charge in [-0.25, -0.2) is 4.79 Å². The fourth-order valence-electron chi connectivity index (χ4n) is 7.12. The number of rotatable bonds is 10. The normalized spacial score (nSPS) is 26.9. The van der Waals surface area contributed by atoms with Crippen molar-refractivity contribution in [2.45, 2.75) is 141 Å². The summed E-state index contributed by atoms with van der Waals surface area (Å²) in [6.45, 7) is 19.0. The summed E-state index contributed by atoms with van der Waals surface area (Å²) in [7, 11) is 0. The maximum atomic E-state index is 13.9. The molecule has 0 aromatic rings. The van der Waals surface area contributed by atoms with E-state index in [9.17, 15) is 41.4 Å². The first-order valence-electron chi connectivity index (χ1n) is 13.7. The highest BCUT2D eigenvalue weighted by Crippen LogP contribution is 2.63. The van der Waals surface area contributed by atoms with Gasteiger partial charge in [-0.05, 0) is 107 Å². The summed E-state index contributed by atoms with van der Waals surface area (Å²) in [5.41, 5.74) is -13.4. The highest BCUT2D eigenvalue weighted by molar-refractivity contribution is 5.87. The van der Waals surface area contributed by atoms with Crippen LogP contribution in [-0.4, -0.2) is 68.2 Å². The lowest BCUT2D eigenvalue weighted by Gasteiger charge is -2.55. The molecule has 2 aliphatic carbocycles. The molecule has 0 aliphatic heterocycles. The van der Waals surface area contributed by atoms with Crippen LogP contribution in [0.5, 0.6) is 0 Å². The van der Waals surface area contributed by atoms with Crippen molar-refractivity contribution in [2.75, 3.05) is 0 Å². The second kappa shape index (κ2) is 10.4. The summed E-state index contributed by atoms with van der Waals surface area (Å²) in [5.74, 6) is -2.58. The average molecular weight is 605 g/mol. The van der Waals surface area contributed by atoms with Gasteiger partial charge in [0.1, 0.15) is 11.7 Å². The van der Waals surface area contributed by atoms with Crippen molar-refractivity contribution >= 4 is 5.97 Å².